The van der Waals surface area contributed by atoms with Gasteiger partial charge in [-0.3, -0.25) is 4.79 Å². The third-order valence-electron chi connectivity index (χ3n) is 9.25. The lowest BCUT2D eigenvalue weighted by molar-refractivity contribution is -0.143. The molecule has 0 bridgehead atoms. The lowest BCUT2D eigenvalue weighted by atomic mass is 10.0. The Labute approximate surface area is 266 Å². The van der Waals surface area contributed by atoms with E-state index in [1.54, 1.807) is 0 Å². The molecule has 0 amide bonds. The van der Waals surface area contributed by atoms with Crippen LogP contribution in [0.2, 0.25) is 0 Å². The summed E-state index contributed by atoms with van der Waals surface area (Å²) in [6.07, 6.45) is 49.1. The minimum Gasteiger partial charge on any atom is -0.466 e. The summed E-state index contributed by atoms with van der Waals surface area (Å²) in [7, 11) is 0. The van der Waals surface area contributed by atoms with Crippen LogP contribution >= 0.6 is 0 Å². The fourth-order valence-corrected chi connectivity index (χ4v) is 6.26. The molecule has 0 saturated carbocycles. The average Bonchev–Trinajstić information content (AvgIpc) is 3.00. The van der Waals surface area contributed by atoms with Gasteiger partial charge in [-0.15, -0.1) is 0 Å². The first kappa shape index (κ1) is 41.5. The zero-order chi connectivity index (χ0) is 30.4. The normalized spacial score (nSPS) is 11.4. The van der Waals surface area contributed by atoms with Crippen molar-refractivity contribution in [2.45, 2.75) is 245 Å². The minimum atomic E-state index is 0.0255. The van der Waals surface area contributed by atoms with E-state index in [9.17, 15) is 4.79 Å². The van der Waals surface area contributed by atoms with Crippen LogP contribution in [0.1, 0.15) is 245 Å². The van der Waals surface area contributed by atoms with Crippen LogP contribution in [0.3, 0.4) is 0 Å². The van der Waals surface area contributed by atoms with Crippen LogP contribution in [-0.2, 0) is 9.53 Å². The third kappa shape index (κ3) is 37.5. The maximum Gasteiger partial charge on any atom is 0.305 e. The van der Waals surface area contributed by atoms with Crippen molar-refractivity contribution in [2.24, 2.45) is 0 Å². The van der Waals surface area contributed by atoms with Crippen molar-refractivity contribution in [3.63, 3.8) is 0 Å². The summed E-state index contributed by atoms with van der Waals surface area (Å²) in [5.74, 6) is 0.0255. The van der Waals surface area contributed by atoms with E-state index in [1.165, 1.54) is 212 Å². The van der Waals surface area contributed by atoms with Gasteiger partial charge in [-0.25, -0.2) is 0 Å². The second-order valence-corrected chi connectivity index (χ2v) is 13.6. The molecule has 2 heteroatoms. The molecule has 0 unspecified atom stereocenters. The first-order valence-corrected chi connectivity index (χ1v) is 20.0. The van der Waals surface area contributed by atoms with E-state index in [0.717, 1.165) is 12.8 Å². The van der Waals surface area contributed by atoms with E-state index < -0.39 is 0 Å². The van der Waals surface area contributed by atoms with Crippen molar-refractivity contribution in [3.05, 3.63) is 0 Å². The van der Waals surface area contributed by atoms with E-state index in [0.29, 0.717) is 13.0 Å². The van der Waals surface area contributed by atoms with E-state index in [-0.39, 0.29) is 5.97 Å². The van der Waals surface area contributed by atoms with Gasteiger partial charge < -0.3 is 4.74 Å². The van der Waals surface area contributed by atoms with Crippen molar-refractivity contribution in [3.8, 4) is 0 Å². The molecular formula is C40H80O2. The predicted octanol–water partition coefficient (Wildman–Crippen LogP) is 14.6. The van der Waals surface area contributed by atoms with Gasteiger partial charge >= 0.3 is 5.97 Å². The zero-order valence-corrected chi connectivity index (χ0v) is 29.5. The number of rotatable bonds is 37. The van der Waals surface area contributed by atoms with Gasteiger partial charge in [-0.05, 0) is 12.8 Å². The molecule has 0 aromatic rings. The number of hydrogen-bond acceptors (Lipinski definition) is 2. The van der Waals surface area contributed by atoms with E-state index in [4.69, 9.17) is 4.74 Å². The van der Waals surface area contributed by atoms with Crippen LogP contribution in [0.5, 0.6) is 0 Å². The maximum atomic E-state index is 11.9. The molecule has 0 radical (unpaired) electrons. The van der Waals surface area contributed by atoms with Crippen LogP contribution in [-0.4, -0.2) is 12.6 Å². The molecular weight excluding hydrogens is 512 g/mol. The summed E-state index contributed by atoms with van der Waals surface area (Å²) >= 11 is 0. The lowest BCUT2D eigenvalue weighted by Gasteiger charge is -2.06. The second-order valence-electron chi connectivity index (χ2n) is 13.6. The number of carbonyl (C=O) groups excluding carboxylic acids is 1. The van der Waals surface area contributed by atoms with Gasteiger partial charge in [0.1, 0.15) is 0 Å². The molecule has 0 aliphatic heterocycles. The van der Waals surface area contributed by atoms with Crippen LogP contribution in [0.25, 0.3) is 0 Å². The van der Waals surface area contributed by atoms with Crippen molar-refractivity contribution in [1.29, 1.82) is 0 Å². The number of carbonyl (C=O) groups is 1. The smallest absolute Gasteiger partial charge is 0.305 e. The quantitative estimate of drug-likeness (QED) is 0.0529. The molecule has 0 fully saturated rings. The highest BCUT2D eigenvalue weighted by atomic mass is 16.5. The van der Waals surface area contributed by atoms with E-state index in [2.05, 4.69) is 13.8 Å². The summed E-state index contributed by atoms with van der Waals surface area (Å²) < 4.78 is 5.43. The lowest BCUT2D eigenvalue weighted by Crippen LogP contribution is -2.05. The van der Waals surface area contributed by atoms with Gasteiger partial charge in [0.25, 0.3) is 0 Å². The number of hydrogen-bond donors (Lipinski definition) is 0. The molecule has 2 nitrogen and oxygen atoms in total. The molecule has 0 aromatic carbocycles. The molecule has 0 N–H and O–H groups in total. The standard InChI is InChI=1S/C40H80O2/c1-3-5-7-9-11-13-14-15-16-17-18-19-20-21-22-23-24-25-26-27-28-29-31-33-35-37-39-42-40(41)38-36-34-32-30-12-10-8-6-4-2/h3-39H2,1-2H3. The summed E-state index contributed by atoms with van der Waals surface area (Å²) in [4.78, 5) is 11.9. The van der Waals surface area contributed by atoms with Crippen molar-refractivity contribution < 1.29 is 9.53 Å². The number of esters is 1. The highest BCUT2D eigenvalue weighted by Gasteiger charge is 2.03. The predicted molar refractivity (Wildman–Crippen MR) is 189 cm³/mol. The molecule has 0 atom stereocenters. The number of ether oxygens (including phenoxy) is 1. The Morgan fingerprint density at radius 3 is 0.786 bits per heavy atom. The Balaban J connectivity index is 3.11. The van der Waals surface area contributed by atoms with Gasteiger partial charge in [0.2, 0.25) is 0 Å². The number of unbranched alkanes of at least 4 members (excludes halogenated alkanes) is 33. The Morgan fingerprint density at radius 1 is 0.310 bits per heavy atom. The summed E-state index contributed by atoms with van der Waals surface area (Å²) in [5.41, 5.74) is 0. The summed E-state index contributed by atoms with van der Waals surface area (Å²) in [6, 6.07) is 0. The van der Waals surface area contributed by atoms with Crippen molar-refractivity contribution in [2.75, 3.05) is 6.61 Å². The van der Waals surface area contributed by atoms with Crippen LogP contribution < -0.4 is 0 Å². The molecule has 0 spiro atoms. The highest BCUT2D eigenvalue weighted by molar-refractivity contribution is 5.69. The Hall–Kier alpha value is -0.530. The maximum absolute atomic E-state index is 11.9. The zero-order valence-electron chi connectivity index (χ0n) is 29.5. The largest absolute Gasteiger partial charge is 0.466 e. The topological polar surface area (TPSA) is 26.3 Å². The Morgan fingerprint density at radius 2 is 0.524 bits per heavy atom. The SMILES string of the molecule is CCCCCCCCCCCCCCCCCCCCCCCCCCCCOC(=O)CCCCCCCCCCC. The van der Waals surface area contributed by atoms with E-state index in [1.807, 2.05) is 0 Å². The Bertz CT molecular complexity index is 488. The van der Waals surface area contributed by atoms with E-state index >= 15 is 0 Å². The molecule has 0 saturated heterocycles. The fourth-order valence-electron chi connectivity index (χ4n) is 6.26. The molecule has 0 aromatic heterocycles. The molecule has 252 valence electrons. The second kappa shape index (κ2) is 38.5. The monoisotopic (exact) mass is 593 g/mol. The Kier molecular flexibility index (Phi) is 38.0. The third-order valence-corrected chi connectivity index (χ3v) is 9.25. The average molecular weight is 593 g/mol. The first-order chi connectivity index (χ1) is 20.8. The van der Waals surface area contributed by atoms with Crippen LogP contribution in [0.4, 0.5) is 0 Å². The van der Waals surface area contributed by atoms with Gasteiger partial charge in [0, 0.05) is 6.42 Å². The summed E-state index contributed by atoms with van der Waals surface area (Å²) in [5, 5.41) is 0. The van der Waals surface area contributed by atoms with Gasteiger partial charge in [-0.2, -0.15) is 0 Å². The summed E-state index contributed by atoms with van der Waals surface area (Å²) in [6.45, 7) is 5.20. The van der Waals surface area contributed by atoms with Crippen molar-refractivity contribution >= 4 is 5.97 Å². The van der Waals surface area contributed by atoms with Gasteiger partial charge in [0.05, 0.1) is 6.61 Å². The minimum absolute atomic E-state index is 0.0255. The molecule has 0 heterocycles. The molecule has 0 aliphatic rings. The van der Waals surface area contributed by atoms with Gasteiger partial charge in [-0.1, -0.05) is 226 Å². The van der Waals surface area contributed by atoms with Gasteiger partial charge in [0.15, 0.2) is 0 Å². The molecule has 0 aliphatic carbocycles. The van der Waals surface area contributed by atoms with Crippen molar-refractivity contribution in [1.82, 2.24) is 0 Å². The molecule has 42 heavy (non-hydrogen) atoms. The van der Waals surface area contributed by atoms with Crippen LogP contribution in [0, 0.1) is 0 Å². The molecule has 0 rings (SSSR count). The first-order valence-electron chi connectivity index (χ1n) is 20.0. The van der Waals surface area contributed by atoms with Crippen LogP contribution in [0.15, 0.2) is 0 Å². The highest BCUT2D eigenvalue weighted by Crippen LogP contribution is 2.16. The fraction of sp³-hybridized carbons (Fsp3) is 0.975.